The second kappa shape index (κ2) is 4.72. The van der Waals surface area contributed by atoms with Crippen molar-refractivity contribution in [3.8, 4) is 0 Å². The Kier molecular flexibility index (Phi) is 3.43. The molecule has 0 atom stereocenters. The summed E-state index contributed by atoms with van der Waals surface area (Å²) in [6.45, 7) is 5.61. The Morgan fingerprint density at radius 3 is 2.29 bits per heavy atom. The number of benzene rings is 1. The van der Waals surface area contributed by atoms with E-state index in [1.807, 2.05) is 20.8 Å². The van der Waals surface area contributed by atoms with Crippen molar-refractivity contribution >= 4 is 16.9 Å². The Morgan fingerprint density at radius 2 is 1.81 bits per heavy atom. The van der Waals surface area contributed by atoms with Gasteiger partial charge < -0.3 is 5.11 Å². The van der Waals surface area contributed by atoms with Crippen molar-refractivity contribution in [2.75, 3.05) is 0 Å². The molecule has 0 unspecified atom stereocenters. The van der Waals surface area contributed by atoms with Gasteiger partial charge in [0.05, 0.1) is 16.6 Å². The van der Waals surface area contributed by atoms with Crippen molar-refractivity contribution in [1.29, 1.82) is 0 Å². The van der Waals surface area contributed by atoms with E-state index in [9.17, 15) is 18.0 Å². The van der Waals surface area contributed by atoms with Crippen LogP contribution >= 0.6 is 0 Å². The Bertz CT molecular complexity index is 715. The van der Waals surface area contributed by atoms with Gasteiger partial charge in [-0.2, -0.15) is 13.2 Å². The molecule has 6 heteroatoms. The molecular weight excluding hydrogens is 283 g/mol. The molecule has 0 bridgehead atoms. The van der Waals surface area contributed by atoms with E-state index in [1.54, 1.807) is 6.07 Å². The zero-order valence-corrected chi connectivity index (χ0v) is 11.7. The number of hydrogen-bond acceptors (Lipinski definition) is 2. The molecule has 112 valence electrons. The SMILES string of the molecule is CC(C)(C)c1ccc2ncc(C(=O)O)c(C(F)(F)F)c2c1. The lowest BCUT2D eigenvalue weighted by Crippen LogP contribution is -2.16. The van der Waals surface area contributed by atoms with Crippen LogP contribution in [0.3, 0.4) is 0 Å². The van der Waals surface area contributed by atoms with E-state index < -0.39 is 23.3 Å². The first-order valence-electron chi connectivity index (χ1n) is 6.25. The molecule has 0 aliphatic carbocycles. The molecule has 0 aliphatic rings. The molecule has 1 aromatic carbocycles. The maximum Gasteiger partial charge on any atom is 0.417 e. The fraction of sp³-hybridized carbons (Fsp3) is 0.333. The highest BCUT2D eigenvalue weighted by atomic mass is 19.4. The monoisotopic (exact) mass is 297 g/mol. The van der Waals surface area contributed by atoms with Gasteiger partial charge in [-0.25, -0.2) is 4.79 Å². The predicted molar refractivity (Wildman–Crippen MR) is 72.4 cm³/mol. The summed E-state index contributed by atoms with van der Waals surface area (Å²) in [6, 6.07) is 4.56. The molecule has 0 fully saturated rings. The summed E-state index contributed by atoms with van der Waals surface area (Å²) in [4.78, 5) is 14.9. The minimum atomic E-state index is -4.76. The first-order chi connectivity index (χ1) is 9.51. The summed E-state index contributed by atoms with van der Waals surface area (Å²) in [5.41, 5.74) is -1.52. The number of hydrogen-bond donors (Lipinski definition) is 1. The number of nitrogens with zero attached hydrogens (tertiary/aromatic N) is 1. The maximum atomic E-state index is 13.3. The normalized spacial score (nSPS) is 12.7. The van der Waals surface area contributed by atoms with E-state index in [0.717, 1.165) is 6.20 Å². The van der Waals surface area contributed by atoms with Gasteiger partial charge in [0.1, 0.15) is 0 Å². The molecule has 0 aliphatic heterocycles. The van der Waals surface area contributed by atoms with E-state index in [2.05, 4.69) is 4.98 Å². The van der Waals surface area contributed by atoms with Crippen LogP contribution < -0.4 is 0 Å². The second-order valence-corrected chi connectivity index (χ2v) is 5.83. The second-order valence-electron chi connectivity index (χ2n) is 5.83. The topological polar surface area (TPSA) is 50.2 Å². The summed E-state index contributed by atoms with van der Waals surface area (Å²) < 4.78 is 39.8. The highest BCUT2D eigenvalue weighted by Crippen LogP contribution is 2.38. The van der Waals surface area contributed by atoms with Crippen LogP contribution in [0.15, 0.2) is 24.4 Å². The molecule has 0 radical (unpaired) electrons. The van der Waals surface area contributed by atoms with Gasteiger partial charge in [-0.05, 0) is 23.1 Å². The number of aromatic nitrogens is 1. The van der Waals surface area contributed by atoms with Gasteiger partial charge in [-0.3, -0.25) is 4.98 Å². The quantitative estimate of drug-likeness (QED) is 0.856. The van der Waals surface area contributed by atoms with Crippen LogP contribution in [0.4, 0.5) is 13.2 Å². The smallest absolute Gasteiger partial charge is 0.417 e. The molecule has 3 nitrogen and oxygen atoms in total. The fourth-order valence-electron chi connectivity index (χ4n) is 2.13. The molecule has 21 heavy (non-hydrogen) atoms. The molecule has 1 heterocycles. The van der Waals surface area contributed by atoms with Crippen LogP contribution in [-0.2, 0) is 11.6 Å². The van der Waals surface area contributed by atoms with Crippen LogP contribution in [0.2, 0.25) is 0 Å². The summed E-state index contributed by atoms with van der Waals surface area (Å²) >= 11 is 0. The van der Waals surface area contributed by atoms with E-state index in [0.29, 0.717) is 5.56 Å². The zero-order valence-electron chi connectivity index (χ0n) is 11.7. The Labute approximate surface area is 119 Å². The number of rotatable bonds is 1. The van der Waals surface area contributed by atoms with Gasteiger partial charge in [0.15, 0.2) is 0 Å². The van der Waals surface area contributed by atoms with Crippen molar-refractivity contribution in [2.45, 2.75) is 32.4 Å². The third kappa shape index (κ3) is 2.84. The van der Waals surface area contributed by atoms with Gasteiger partial charge in [-0.1, -0.05) is 26.8 Å². The van der Waals surface area contributed by atoms with Crippen molar-refractivity contribution < 1.29 is 23.1 Å². The molecule has 0 amide bonds. The minimum Gasteiger partial charge on any atom is -0.478 e. The number of alkyl halides is 3. The number of halogens is 3. The summed E-state index contributed by atoms with van der Waals surface area (Å²) in [5.74, 6) is -1.64. The Morgan fingerprint density at radius 1 is 1.19 bits per heavy atom. The molecule has 1 aromatic heterocycles. The number of carboxylic acid groups (broad SMARTS) is 1. The van der Waals surface area contributed by atoms with Gasteiger partial charge in [-0.15, -0.1) is 0 Å². The van der Waals surface area contributed by atoms with Crippen molar-refractivity contribution in [3.05, 3.63) is 41.1 Å². The van der Waals surface area contributed by atoms with Crippen LogP contribution in [0, 0.1) is 0 Å². The van der Waals surface area contributed by atoms with Crippen molar-refractivity contribution in [3.63, 3.8) is 0 Å². The lowest BCUT2D eigenvalue weighted by atomic mass is 9.85. The maximum absolute atomic E-state index is 13.3. The average Bonchev–Trinajstić information content (AvgIpc) is 2.34. The Balaban J connectivity index is 2.90. The first kappa shape index (κ1) is 15.3. The first-order valence-corrected chi connectivity index (χ1v) is 6.25. The number of carboxylic acids is 1. The number of fused-ring (bicyclic) bond motifs is 1. The summed E-state index contributed by atoms with van der Waals surface area (Å²) in [7, 11) is 0. The average molecular weight is 297 g/mol. The molecule has 1 N–H and O–H groups in total. The largest absolute Gasteiger partial charge is 0.478 e. The fourth-order valence-corrected chi connectivity index (χ4v) is 2.13. The van der Waals surface area contributed by atoms with E-state index in [1.165, 1.54) is 12.1 Å². The van der Waals surface area contributed by atoms with Crippen molar-refractivity contribution in [1.82, 2.24) is 4.98 Å². The molecule has 0 spiro atoms. The highest BCUT2D eigenvalue weighted by Gasteiger charge is 2.38. The third-order valence-electron chi connectivity index (χ3n) is 3.25. The lowest BCUT2D eigenvalue weighted by molar-refractivity contribution is -0.136. The number of aromatic carboxylic acids is 1. The summed E-state index contributed by atoms with van der Waals surface area (Å²) in [6.07, 6.45) is -4.00. The van der Waals surface area contributed by atoms with Gasteiger partial charge in [0, 0.05) is 11.6 Å². The van der Waals surface area contributed by atoms with Crippen LogP contribution in [0.25, 0.3) is 10.9 Å². The third-order valence-corrected chi connectivity index (χ3v) is 3.25. The van der Waals surface area contributed by atoms with E-state index >= 15 is 0 Å². The van der Waals surface area contributed by atoms with Crippen LogP contribution in [0.1, 0.15) is 42.3 Å². The molecule has 2 rings (SSSR count). The summed E-state index contributed by atoms with van der Waals surface area (Å²) in [5, 5.41) is 8.79. The van der Waals surface area contributed by atoms with Gasteiger partial charge >= 0.3 is 12.1 Å². The predicted octanol–water partition coefficient (Wildman–Crippen LogP) is 4.25. The number of pyridine rings is 1. The van der Waals surface area contributed by atoms with Crippen LogP contribution in [-0.4, -0.2) is 16.1 Å². The highest BCUT2D eigenvalue weighted by molar-refractivity contribution is 5.96. The van der Waals surface area contributed by atoms with Gasteiger partial charge in [0.25, 0.3) is 0 Å². The van der Waals surface area contributed by atoms with E-state index in [-0.39, 0.29) is 16.3 Å². The Hall–Kier alpha value is -2.11. The minimum absolute atomic E-state index is 0.125. The molecule has 0 saturated heterocycles. The molecule has 2 aromatic rings. The van der Waals surface area contributed by atoms with Crippen molar-refractivity contribution in [2.24, 2.45) is 0 Å². The van der Waals surface area contributed by atoms with Crippen LogP contribution in [0.5, 0.6) is 0 Å². The molecular formula is C15H14F3NO2. The standard InChI is InChI=1S/C15H14F3NO2/c1-14(2,3)8-4-5-11-9(6-8)12(15(16,17)18)10(7-19-11)13(20)21/h4-7H,1-3H3,(H,20,21). The lowest BCUT2D eigenvalue weighted by Gasteiger charge is -2.21. The van der Waals surface area contributed by atoms with Gasteiger partial charge in [0.2, 0.25) is 0 Å². The number of carbonyl (C=O) groups is 1. The van der Waals surface area contributed by atoms with E-state index in [4.69, 9.17) is 5.11 Å². The zero-order chi connectivity index (χ0) is 16.0. The molecule has 0 saturated carbocycles.